The summed E-state index contributed by atoms with van der Waals surface area (Å²) in [5, 5.41) is 28.4. The molecule has 3 rings (SSSR count). The highest BCUT2D eigenvalue weighted by atomic mass is 79.9. The molecule has 0 aliphatic heterocycles. The summed E-state index contributed by atoms with van der Waals surface area (Å²) in [6, 6.07) is 4.26. The van der Waals surface area contributed by atoms with Crippen molar-refractivity contribution in [1.29, 1.82) is 0 Å². The Morgan fingerprint density at radius 2 is 2.21 bits per heavy atom. The van der Waals surface area contributed by atoms with E-state index in [1.807, 2.05) is 0 Å². The number of oxime groups is 1. The molecule has 2 atom stereocenters. The highest BCUT2D eigenvalue weighted by Gasteiger charge is 2.27. The molecule has 1 aromatic heterocycles. The van der Waals surface area contributed by atoms with Crippen LogP contribution in [-0.2, 0) is 16.6 Å². The molecule has 1 aliphatic rings. The third kappa shape index (κ3) is 5.95. The maximum absolute atomic E-state index is 13.4. The van der Waals surface area contributed by atoms with Crippen LogP contribution in [0.3, 0.4) is 0 Å². The van der Waals surface area contributed by atoms with Crippen LogP contribution < -0.4 is 15.2 Å². The first kappa shape index (κ1) is 21.6. The zero-order valence-corrected chi connectivity index (χ0v) is 17.6. The van der Waals surface area contributed by atoms with Crippen LogP contribution in [0.25, 0.3) is 0 Å². The van der Waals surface area contributed by atoms with Gasteiger partial charge < -0.3 is 10.5 Å². The fourth-order valence-electron chi connectivity index (χ4n) is 3.34. The van der Waals surface area contributed by atoms with Gasteiger partial charge in [0.25, 0.3) is 10.2 Å². The number of benzene rings is 1. The van der Waals surface area contributed by atoms with Crippen LogP contribution in [0, 0.1) is 11.7 Å². The number of hydrogen-bond donors (Lipinski definition) is 4. The first-order valence-electron chi connectivity index (χ1n) is 8.77. The van der Waals surface area contributed by atoms with Crippen molar-refractivity contribution < 1.29 is 22.6 Å². The number of nitrogens with zero attached hydrogens (tertiary/aromatic N) is 3. The van der Waals surface area contributed by atoms with E-state index in [0.29, 0.717) is 35.2 Å². The second kappa shape index (κ2) is 9.15. The highest BCUT2D eigenvalue weighted by molar-refractivity contribution is 9.10. The van der Waals surface area contributed by atoms with Gasteiger partial charge in [0, 0.05) is 19.0 Å². The lowest BCUT2D eigenvalue weighted by Crippen LogP contribution is -2.38. The molecule has 0 spiro atoms. The number of aromatic nitrogens is 2. The molecular weight excluding hydrogens is 471 g/mol. The lowest BCUT2D eigenvalue weighted by Gasteiger charge is -2.12. The average Bonchev–Trinajstić information content (AvgIpc) is 3.28. The third-order valence-electron chi connectivity index (χ3n) is 4.67. The average molecular weight is 491 g/mol. The van der Waals surface area contributed by atoms with Gasteiger partial charge in [0.15, 0.2) is 11.5 Å². The van der Waals surface area contributed by atoms with E-state index in [2.05, 4.69) is 41.4 Å². The zero-order chi connectivity index (χ0) is 21.0. The van der Waals surface area contributed by atoms with Crippen LogP contribution in [0.2, 0.25) is 0 Å². The van der Waals surface area contributed by atoms with E-state index in [1.54, 1.807) is 12.1 Å². The molecule has 29 heavy (non-hydrogen) atoms. The minimum absolute atomic E-state index is 0.183. The van der Waals surface area contributed by atoms with E-state index < -0.39 is 16.0 Å². The summed E-state index contributed by atoms with van der Waals surface area (Å²) in [7, 11) is -3.72. The van der Waals surface area contributed by atoms with Gasteiger partial charge in [0.1, 0.15) is 11.5 Å². The number of hydrogen-bond acceptors (Lipinski definition) is 8. The van der Waals surface area contributed by atoms with Crippen LogP contribution in [0.1, 0.15) is 30.5 Å². The van der Waals surface area contributed by atoms with Gasteiger partial charge in [-0.3, -0.25) is 0 Å². The van der Waals surface area contributed by atoms with Gasteiger partial charge in [0.05, 0.1) is 4.47 Å². The molecule has 10 nitrogen and oxygen atoms in total. The largest absolute Gasteiger partial charge is 0.411 e. The van der Waals surface area contributed by atoms with Crippen molar-refractivity contribution >= 4 is 37.7 Å². The molecule has 1 fully saturated rings. The Labute approximate surface area is 175 Å². The molecule has 2 unspecified atom stereocenters. The minimum atomic E-state index is -3.72. The first-order chi connectivity index (χ1) is 13.7. The lowest BCUT2D eigenvalue weighted by atomic mass is 10.1. The Balaban J connectivity index is 1.62. The van der Waals surface area contributed by atoms with Gasteiger partial charge in [-0.2, -0.15) is 13.1 Å². The summed E-state index contributed by atoms with van der Waals surface area (Å²) in [6.45, 7) is 0.505. The maximum Gasteiger partial charge on any atom is 0.274 e. The van der Waals surface area contributed by atoms with Crippen molar-refractivity contribution in [1.82, 2.24) is 15.0 Å². The molecule has 1 aromatic carbocycles. The Kier molecular flexibility index (Phi) is 6.82. The van der Waals surface area contributed by atoms with E-state index in [-0.39, 0.29) is 29.8 Å². The van der Waals surface area contributed by atoms with Crippen LogP contribution in [0.4, 0.5) is 10.2 Å². The molecule has 0 saturated heterocycles. The van der Waals surface area contributed by atoms with Crippen molar-refractivity contribution in [2.45, 2.75) is 31.7 Å². The maximum atomic E-state index is 13.4. The SMILES string of the molecule is NS(=O)(=O)NC1CCC(CNc2nonc2C(Cc2ccc(F)c(Br)c2)=NO)C1. The van der Waals surface area contributed by atoms with Crippen LogP contribution in [0.15, 0.2) is 32.5 Å². The highest BCUT2D eigenvalue weighted by Crippen LogP contribution is 2.27. The number of nitrogens with one attached hydrogen (secondary N) is 2. The van der Waals surface area contributed by atoms with Crippen molar-refractivity contribution in [2.24, 2.45) is 16.2 Å². The Hall–Kier alpha value is -2.09. The van der Waals surface area contributed by atoms with Gasteiger partial charge in [-0.05, 0) is 69.1 Å². The van der Waals surface area contributed by atoms with E-state index in [0.717, 1.165) is 6.42 Å². The molecule has 13 heteroatoms. The van der Waals surface area contributed by atoms with Crippen LogP contribution >= 0.6 is 15.9 Å². The predicted octanol–water partition coefficient (Wildman–Crippen LogP) is 1.77. The smallest absolute Gasteiger partial charge is 0.274 e. The summed E-state index contributed by atoms with van der Waals surface area (Å²) in [6.07, 6.45) is 2.32. The summed E-state index contributed by atoms with van der Waals surface area (Å²) >= 11 is 3.12. The Bertz CT molecular complexity index is 999. The molecule has 5 N–H and O–H groups in total. The fraction of sp³-hybridized carbons (Fsp3) is 0.438. The molecular formula is C16H20BrFN6O4S. The van der Waals surface area contributed by atoms with Gasteiger partial charge in [0.2, 0.25) is 0 Å². The molecule has 0 radical (unpaired) electrons. The van der Waals surface area contributed by atoms with Crippen molar-refractivity contribution in [3.05, 3.63) is 39.7 Å². The normalized spacial score (nSPS) is 20.2. The van der Waals surface area contributed by atoms with Crippen molar-refractivity contribution in [2.75, 3.05) is 11.9 Å². The molecule has 1 aliphatic carbocycles. The number of rotatable bonds is 8. The monoisotopic (exact) mass is 490 g/mol. The van der Waals surface area contributed by atoms with E-state index >= 15 is 0 Å². The number of halogens is 2. The van der Waals surface area contributed by atoms with E-state index in [4.69, 9.17) is 9.77 Å². The van der Waals surface area contributed by atoms with Crippen molar-refractivity contribution in [3.8, 4) is 0 Å². The Morgan fingerprint density at radius 1 is 1.41 bits per heavy atom. The quantitative estimate of drug-likeness (QED) is 0.249. The number of anilines is 1. The van der Waals surface area contributed by atoms with Gasteiger partial charge in [-0.1, -0.05) is 11.2 Å². The van der Waals surface area contributed by atoms with E-state index in [1.165, 1.54) is 6.07 Å². The molecule has 2 aromatic rings. The molecule has 158 valence electrons. The first-order valence-corrected chi connectivity index (χ1v) is 11.1. The molecule has 1 saturated carbocycles. The molecule has 0 bridgehead atoms. The predicted molar refractivity (Wildman–Crippen MR) is 106 cm³/mol. The second-order valence-corrected chi connectivity index (χ2v) is 9.03. The number of nitrogens with two attached hydrogens (primary N) is 1. The van der Waals surface area contributed by atoms with Gasteiger partial charge >= 0.3 is 0 Å². The molecule has 1 heterocycles. The summed E-state index contributed by atoms with van der Waals surface area (Å²) in [5.41, 5.74) is 1.14. The zero-order valence-electron chi connectivity index (χ0n) is 15.2. The lowest BCUT2D eigenvalue weighted by molar-refractivity contribution is 0.304. The standard InChI is InChI=1S/C16H20BrFN6O4S/c17-12-6-9(2-4-13(12)18)7-14(21-25)15-16(23-28-22-15)20-8-10-1-3-11(5-10)24-29(19,26)27/h2,4,6,10-11,24-25H,1,3,5,7-8H2,(H,20,23)(H2,19,26,27). The van der Waals surface area contributed by atoms with Crippen molar-refractivity contribution in [3.63, 3.8) is 0 Å². The fourth-order valence-corrected chi connectivity index (χ4v) is 4.45. The topological polar surface area (TPSA) is 156 Å². The van der Waals surface area contributed by atoms with Gasteiger partial charge in [-0.25, -0.2) is 14.2 Å². The Morgan fingerprint density at radius 3 is 2.90 bits per heavy atom. The summed E-state index contributed by atoms with van der Waals surface area (Å²) in [5.74, 6) is 0.108. The van der Waals surface area contributed by atoms with Crippen LogP contribution in [0.5, 0.6) is 0 Å². The van der Waals surface area contributed by atoms with Gasteiger partial charge in [-0.15, -0.1) is 0 Å². The third-order valence-corrected chi connectivity index (χ3v) is 5.94. The van der Waals surface area contributed by atoms with E-state index in [9.17, 15) is 18.0 Å². The van der Waals surface area contributed by atoms with Crippen LogP contribution in [-0.4, -0.2) is 42.2 Å². The summed E-state index contributed by atoms with van der Waals surface area (Å²) < 4.78 is 43.2. The molecule has 0 amide bonds. The second-order valence-electron chi connectivity index (χ2n) is 6.85. The minimum Gasteiger partial charge on any atom is -0.411 e. The summed E-state index contributed by atoms with van der Waals surface area (Å²) in [4.78, 5) is 0.